The van der Waals surface area contributed by atoms with Gasteiger partial charge >= 0.3 is 0 Å². The molecule has 52 heavy (non-hydrogen) atoms. The topological polar surface area (TPSA) is 61.4 Å². The first kappa shape index (κ1) is 28.6. The monoisotopic (exact) mass is 664 g/mol. The molecule has 242 valence electrons. The van der Waals surface area contributed by atoms with Crippen LogP contribution in [-0.2, 0) is 0 Å². The third kappa shape index (κ3) is 4.12. The zero-order valence-corrected chi connectivity index (χ0v) is 27.8. The number of benzene rings is 5. The lowest BCUT2D eigenvalue weighted by Gasteiger charge is -2.18. The Hall–Kier alpha value is -7.18. The molecule has 6 heterocycles. The van der Waals surface area contributed by atoms with Crippen molar-refractivity contribution in [1.82, 2.24) is 29.1 Å². The van der Waals surface area contributed by atoms with E-state index >= 15 is 0 Å². The predicted octanol–water partition coefficient (Wildman–Crippen LogP) is 11.1. The molecule has 6 aromatic heterocycles. The fourth-order valence-corrected chi connectivity index (χ4v) is 8.19. The van der Waals surface area contributed by atoms with Gasteiger partial charge in [-0.05, 0) is 117 Å². The molecule has 0 bridgehead atoms. The molecule has 6 nitrogen and oxygen atoms in total. The summed E-state index contributed by atoms with van der Waals surface area (Å²) in [6.45, 7) is 0. The number of rotatable bonds is 4. The minimum absolute atomic E-state index is 0.852. The predicted molar refractivity (Wildman–Crippen MR) is 212 cm³/mol. The van der Waals surface area contributed by atoms with Gasteiger partial charge in [0.05, 0.1) is 11.0 Å². The number of hydrogen-bond donors (Lipinski definition) is 0. The smallest absolute Gasteiger partial charge is 0.146 e. The van der Waals surface area contributed by atoms with E-state index in [2.05, 4.69) is 116 Å². The molecule has 5 aromatic carbocycles. The third-order valence-corrected chi connectivity index (χ3v) is 10.3. The number of fused-ring (bicyclic) bond motifs is 8. The average Bonchev–Trinajstić information content (AvgIpc) is 3.73. The van der Waals surface area contributed by atoms with Crippen LogP contribution >= 0.6 is 0 Å². The van der Waals surface area contributed by atoms with E-state index in [1.165, 1.54) is 32.7 Å². The molecule has 6 heteroatoms. The molecular formula is C46H28N6. The van der Waals surface area contributed by atoms with Crippen LogP contribution in [0.15, 0.2) is 170 Å². The van der Waals surface area contributed by atoms with Gasteiger partial charge in [0.15, 0.2) is 0 Å². The van der Waals surface area contributed by atoms with Crippen molar-refractivity contribution in [3.63, 3.8) is 0 Å². The molecule has 0 N–H and O–H groups in total. The zero-order valence-electron chi connectivity index (χ0n) is 27.8. The fraction of sp³-hybridized carbons (Fsp3) is 0. The molecule has 0 spiro atoms. The van der Waals surface area contributed by atoms with Crippen molar-refractivity contribution in [1.29, 1.82) is 0 Å². The standard InChI is InChI=1S/C46H28N6/c1-2-12-32-31(11-1)43(29-19-21-39-37(27-29)35-15-9-25-49-45(35)51(39)41-17-5-7-23-47-41)33-13-3-4-14-34(33)44(32)30-20-22-40-38(28-30)36-16-10-26-50-46(36)52(40)42-18-6-8-24-48-42/h1-28H. The second-order valence-corrected chi connectivity index (χ2v) is 13.1. The summed E-state index contributed by atoms with van der Waals surface area (Å²) in [5.74, 6) is 1.70. The lowest BCUT2D eigenvalue weighted by atomic mass is 9.85. The van der Waals surface area contributed by atoms with Crippen molar-refractivity contribution in [2.75, 3.05) is 0 Å². The first-order chi connectivity index (χ1) is 25.8. The maximum Gasteiger partial charge on any atom is 0.146 e. The quantitative estimate of drug-likeness (QED) is 0.176. The maximum absolute atomic E-state index is 4.82. The van der Waals surface area contributed by atoms with E-state index in [-0.39, 0.29) is 0 Å². The van der Waals surface area contributed by atoms with Crippen molar-refractivity contribution < 1.29 is 0 Å². The Labute approximate surface area is 297 Å². The lowest BCUT2D eigenvalue weighted by Crippen LogP contribution is -1.97. The molecule has 0 atom stereocenters. The van der Waals surface area contributed by atoms with Crippen LogP contribution in [0, 0.1) is 0 Å². The summed E-state index contributed by atoms with van der Waals surface area (Å²) in [7, 11) is 0. The Balaban J connectivity index is 1.18. The second-order valence-electron chi connectivity index (χ2n) is 13.1. The highest BCUT2D eigenvalue weighted by Crippen LogP contribution is 2.46. The van der Waals surface area contributed by atoms with Gasteiger partial charge in [0, 0.05) is 46.3 Å². The minimum Gasteiger partial charge on any atom is -0.278 e. The highest BCUT2D eigenvalue weighted by atomic mass is 15.1. The summed E-state index contributed by atoms with van der Waals surface area (Å²) in [4.78, 5) is 19.0. The van der Waals surface area contributed by atoms with Crippen LogP contribution in [0.25, 0.3) is 99.3 Å². The van der Waals surface area contributed by atoms with Crippen molar-refractivity contribution in [3.8, 4) is 33.9 Å². The second kappa shape index (κ2) is 11.2. The summed E-state index contributed by atoms with van der Waals surface area (Å²) in [6.07, 6.45) is 7.37. The fourth-order valence-electron chi connectivity index (χ4n) is 8.19. The van der Waals surface area contributed by atoms with E-state index in [4.69, 9.17) is 9.97 Å². The Morgan fingerprint density at radius 1 is 0.308 bits per heavy atom. The van der Waals surface area contributed by atoms with Crippen LogP contribution in [-0.4, -0.2) is 29.1 Å². The van der Waals surface area contributed by atoms with E-state index in [0.29, 0.717) is 0 Å². The first-order valence-electron chi connectivity index (χ1n) is 17.4. The molecular weight excluding hydrogens is 637 g/mol. The highest BCUT2D eigenvalue weighted by molar-refractivity contribution is 6.23. The van der Waals surface area contributed by atoms with Gasteiger partial charge < -0.3 is 0 Å². The van der Waals surface area contributed by atoms with Gasteiger partial charge in [-0.25, -0.2) is 19.9 Å². The van der Waals surface area contributed by atoms with E-state index in [1.807, 2.05) is 73.3 Å². The van der Waals surface area contributed by atoms with Gasteiger partial charge in [-0.1, -0.05) is 72.8 Å². The van der Waals surface area contributed by atoms with Crippen LogP contribution in [0.3, 0.4) is 0 Å². The van der Waals surface area contributed by atoms with Crippen LogP contribution in [0.2, 0.25) is 0 Å². The Bertz CT molecular complexity index is 2910. The van der Waals surface area contributed by atoms with Crippen LogP contribution < -0.4 is 0 Å². The number of nitrogens with zero attached hydrogens (tertiary/aromatic N) is 6. The number of pyridine rings is 4. The lowest BCUT2D eigenvalue weighted by molar-refractivity contribution is 1.06. The normalized spacial score (nSPS) is 11.8. The summed E-state index contributed by atoms with van der Waals surface area (Å²) in [5, 5.41) is 9.32. The Kier molecular flexibility index (Phi) is 6.15. The molecule has 0 saturated carbocycles. The van der Waals surface area contributed by atoms with Crippen molar-refractivity contribution in [2.24, 2.45) is 0 Å². The molecule has 11 aromatic rings. The summed E-state index contributed by atoms with van der Waals surface area (Å²) in [6, 6.07) is 51.6. The molecule has 0 aliphatic rings. The van der Waals surface area contributed by atoms with Gasteiger partial charge in [0.25, 0.3) is 0 Å². The van der Waals surface area contributed by atoms with E-state index in [1.54, 1.807) is 0 Å². The third-order valence-electron chi connectivity index (χ3n) is 10.3. The molecule has 11 rings (SSSR count). The van der Waals surface area contributed by atoms with E-state index < -0.39 is 0 Å². The van der Waals surface area contributed by atoms with Gasteiger partial charge in [0.2, 0.25) is 0 Å². The highest BCUT2D eigenvalue weighted by Gasteiger charge is 2.21. The summed E-state index contributed by atoms with van der Waals surface area (Å²) in [5.41, 5.74) is 8.71. The molecule has 0 radical (unpaired) electrons. The van der Waals surface area contributed by atoms with Gasteiger partial charge in [-0.3, -0.25) is 9.13 Å². The van der Waals surface area contributed by atoms with E-state index in [9.17, 15) is 0 Å². The van der Waals surface area contributed by atoms with Gasteiger partial charge in [0.1, 0.15) is 22.9 Å². The number of aromatic nitrogens is 6. The molecule has 0 aliphatic heterocycles. The number of hydrogen-bond acceptors (Lipinski definition) is 4. The largest absolute Gasteiger partial charge is 0.278 e. The van der Waals surface area contributed by atoms with Gasteiger partial charge in [-0.15, -0.1) is 0 Å². The average molecular weight is 665 g/mol. The first-order valence-corrected chi connectivity index (χ1v) is 17.4. The molecule has 0 fully saturated rings. The van der Waals surface area contributed by atoms with Crippen molar-refractivity contribution >= 4 is 65.4 Å². The van der Waals surface area contributed by atoms with Crippen molar-refractivity contribution in [2.45, 2.75) is 0 Å². The van der Waals surface area contributed by atoms with Crippen molar-refractivity contribution in [3.05, 3.63) is 170 Å². The molecule has 0 amide bonds. The zero-order chi connectivity index (χ0) is 34.2. The maximum atomic E-state index is 4.82. The SMILES string of the molecule is c1ccc(-n2c3ccc(-c4c5ccccc5c(-c5ccc6c(c5)c5cccnc5n6-c5ccccn5)c5ccccc45)cc3c3cccnc32)nc1. The molecule has 0 aliphatic carbocycles. The Morgan fingerprint density at radius 3 is 1.10 bits per heavy atom. The summed E-state index contributed by atoms with van der Waals surface area (Å²) >= 11 is 0. The van der Waals surface area contributed by atoms with Crippen LogP contribution in [0.1, 0.15) is 0 Å². The van der Waals surface area contributed by atoms with Crippen LogP contribution in [0.4, 0.5) is 0 Å². The minimum atomic E-state index is 0.852. The van der Waals surface area contributed by atoms with Gasteiger partial charge in [-0.2, -0.15) is 0 Å². The molecule has 0 saturated heterocycles. The molecule has 0 unspecified atom stereocenters. The Morgan fingerprint density at radius 2 is 0.692 bits per heavy atom. The van der Waals surface area contributed by atoms with E-state index in [0.717, 1.165) is 66.6 Å². The van der Waals surface area contributed by atoms with Crippen LogP contribution in [0.5, 0.6) is 0 Å². The summed E-state index contributed by atoms with van der Waals surface area (Å²) < 4.78 is 4.31.